The third-order valence-corrected chi connectivity index (χ3v) is 10.0. The Morgan fingerprint density at radius 1 is 0.438 bits per heavy atom. The SMILES string of the molecule is Cc1cccc2ccc(N(c3ccccc3)c3ccc(-n4c5cccc6c7ccn(-c8ccccc8)c7c7cccc4c7c65)cc3)cc12. The fourth-order valence-electron chi connectivity index (χ4n) is 7.87. The molecule has 0 radical (unpaired) electrons. The van der Waals surface area contributed by atoms with E-state index in [0.29, 0.717) is 0 Å². The second kappa shape index (κ2) is 10.3. The molecular weight excluding hydrogens is 583 g/mol. The van der Waals surface area contributed by atoms with Gasteiger partial charge in [-0.3, -0.25) is 0 Å². The highest BCUT2D eigenvalue weighted by atomic mass is 15.1. The molecule has 0 fully saturated rings. The number of benzene rings is 8. The van der Waals surface area contributed by atoms with Crippen LogP contribution in [0.1, 0.15) is 5.56 Å². The average molecular weight is 614 g/mol. The fraction of sp³-hybridized carbons (Fsp3) is 0.0222. The fourth-order valence-corrected chi connectivity index (χ4v) is 7.87. The van der Waals surface area contributed by atoms with Gasteiger partial charge in [0.2, 0.25) is 0 Å². The first kappa shape index (κ1) is 26.9. The molecule has 0 saturated carbocycles. The number of para-hydroxylation sites is 2. The molecule has 2 heterocycles. The minimum atomic E-state index is 1.12. The third-order valence-electron chi connectivity index (χ3n) is 10.0. The topological polar surface area (TPSA) is 13.1 Å². The van der Waals surface area contributed by atoms with Crippen LogP contribution in [0.3, 0.4) is 0 Å². The molecule has 0 aliphatic carbocycles. The van der Waals surface area contributed by atoms with Crippen LogP contribution in [-0.2, 0) is 0 Å². The average Bonchev–Trinajstić information content (AvgIpc) is 3.74. The van der Waals surface area contributed by atoms with Crippen molar-refractivity contribution in [3.8, 4) is 11.4 Å². The zero-order valence-electron chi connectivity index (χ0n) is 26.5. The van der Waals surface area contributed by atoms with E-state index in [2.05, 4.69) is 191 Å². The van der Waals surface area contributed by atoms with Crippen molar-refractivity contribution in [1.82, 2.24) is 9.13 Å². The molecule has 10 rings (SSSR count). The summed E-state index contributed by atoms with van der Waals surface area (Å²) in [6.07, 6.45) is 2.21. The maximum absolute atomic E-state index is 2.44. The molecule has 0 unspecified atom stereocenters. The summed E-state index contributed by atoms with van der Waals surface area (Å²) in [5.74, 6) is 0. The lowest BCUT2D eigenvalue weighted by molar-refractivity contribution is 1.13. The third kappa shape index (κ3) is 3.88. The minimum absolute atomic E-state index is 1.12. The van der Waals surface area contributed by atoms with Gasteiger partial charge in [0.25, 0.3) is 0 Å². The summed E-state index contributed by atoms with van der Waals surface area (Å²) in [5.41, 5.74) is 10.7. The van der Waals surface area contributed by atoms with E-state index in [4.69, 9.17) is 0 Å². The van der Waals surface area contributed by atoms with Gasteiger partial charge in [-0.25, -0.2) is 0 Å². The van der Waals surface area contributed by atoms with Crippen molar-refractivity contribution < 1.29 is 0 Å². The number of aromatic nitrogens is 2. The van der Waals surface area contributed by atoms with Gasteiger partial charge in [0, 0.05) is 56.2 Å². The molecule has 2 aromatic heterocycles. The summed E-state index contributed by atoms with van der Waals surface area (Å²) in [4.78, 5) is 2.35. The Kier molecular flexibility index (Phi) is 5.79. The van der Waals surface area contributed by atoms with Crippen molar-refractivity contribution >= 4 is 71.3 Å². The van der Waals surface area contributed by atoms with Gasteiger partial charge in [0.15, 0.2) is 0 Å². The Bertz CT molecular complexity index is 2770. The first-order valence-corrected chi connectivity index (χ1v) is 16.5. The van der Waals surface area contributed by atoms with E-state index < -0.39 is 0 Å². The maximum Gasteiger partial charge on any atom is 0.0614 e. The van der Waals surface area contributed by atoms with Crippen molar-refractivity contribution in [2.24, 2.45) is 0 Å². The summed E-state index contributed by atoms with van der Waals surface area (Å²) in [6, 6.07) is 59.4. The van der Waals surface area contributed by atoms with Crippen LogP contribution in [-0.4, -0.2) is 9.13 Å². The molecular formula is C45H31N3. The summed E-state index contributed by atoms with van der Waals surface area (Å²) in [7, 11) is 0. The highest BCUT2D eigenvalue weighted by molar-refractivity contribution is 6.34. The molecule has 0 aliphatic rings. The van der Waals surface area contributed by atoms with Gasteiger partial charge in [-0.15, -0.1) is 0 Å². The smallest absolute Gasteiger partial charge is 0.0614 e. The highest BCUT2D eigenvalue weighted by Gasteiger charge is 2.22. The summed E-state index contributed by atoms with van der Waals surface area (Å²) < 4.78 is 4.77. The molecule has 0 spiro atoms. The Morgan fingerprint density at radius 2 is 1.08 bits per heavy atom. The van der Waals surface area contributed by atoms with Gasteiger partial charge in [-0.1, -0.05) is 84.9 Å². The Morgan fingerprint density at radius 3 is 1.85 bits per heavy atom. The van der Waals surface area contributed by atoms with Gasteiger partial charge in [0.05, 0.1) is 16.6 Å². The van der Waals surface area contributed by atoms with Crippen molar-refractivity contribution in [2.45, 2.75) is 6.92 Å². The summed E-state index contributed by atoms with van der Waals surface area (Å²) >= 11 is 0. The Hall–Kier alpha value is -6.32. The van der Waals surface area contributed by atoms with Crippen LogP contribution in [0.25, 0.3) is 65.6 Å². The minimum Gasteiger partial charge on any atom is -0.316 e. The second-order valence-corrected chi connectivity index (χ2v) is 12.7. The number of nitrogens with zero attached hydrogens (tertiary/aromatic N) is 3. The van der Waals surface area contributed by atoms with E-state index in [0.717, 1.165) is 22.7 Å². The van der Waals surface area contributed by atoms with Gasteiger partial charge in [0.1, 0.15) is 0 Å². The van der Waals surface area contributed by atoms with Crippen LogP contribution in [0.4, 0.5) is 17.1 Å². The van der Waals surface area contributed by atoms with Crippen molar-refractivity contribution in [1.29, 1.82) is 0 Å². The molecule has 3 nitrogen and oxygen atoms in total. The first-order valence-electron chi connectivity index (χ1n) is 16.5. The van der Waals surface area contributed by atoms with Gasteiger partial charge in [-0.05, 0) is 108 Å². The molecule has 0 aliphatic heterocycles. The molecule has 0 saturated heterocycles. The number of hydrogen-bond donors (Lipinski definition) is 0. The number of hydrogen-bond acceptors (Lipinski definition) is 1. The number of aryl methyl sites for hydroxylation is 1. The van der Waals surface area contributed by atoms with Gasteiger partial charge in [-0.2, -0.15) is 0 Å². The monoisotopic (exact) mass is 613 g/mol. The van der Waals surface area contributed by atoms with Gasteiger partial charge >= 0.3 is 0 Å². The van der Waals surface area contributed by atoms with Crippen molar-refractivity contribution in [2.75, 3.05) is 4.90 Å². The quantitative estimate of drug-likeness (QED) is 0.176. The standard InChI is InChI=1S/C45H31N3/c1-30-11-8-12-31-21-22-36(29-40(30)31)47(33-15-6-3-7-16-33)34-23-25-35(26-24-34)48-41-19-9-17-37-38-27-28-46(32-13-4-2-5-14-32)45(38)39-18-10-20-42(48)44(39)43(37)41/h2-29H,1H3. The first-order chi connectivity index (χ1) is 23.7. The molecule has 3 heteroatoms. The highest BCUT2D eigenvalue weighted by Crippen LogP contribution is 2.45. The predicted octanol–water partition coefficient (Wildman–Crippen LogP) is 12.3. The molecule has 226 valence electrons. The molecule has 48 heavy (non-hydrogen) atoms. The van der Waals surface area contributed by atoms with Crippen LogP contribution >= 0.6 is 0 Å². The molecule has 10 aromatic rings. The number of fused-ring (bicyclic) bond motifs is 4. The Balaban J connectivity index is 1.17. The Labute approximate surface area is 278 Å². The van der Waals surface area contributed by atoms with E-state index in [9.17, 15) is 0 Å². The van der Waals surface area contributed by atoms with Gasteiger partial charge < -0.3 is 14.0 Å². The molecule has 8 aromatic carbocycles. The summed E-state index contributed by atoms with van der Waals surface area (Å²) in [6.45, 7) is 2.19. The zero-order chi connectivity index (χ0) is 31.8. The molecule has 0 N–H and O–H groups in total. The lowest BCUT2D eigenvalue weighted by atomic mass is 9.98. The van der Waals surface area contributed by atoms with Crippen molar-refractivity contribution in [3.63, 3.8) is 0 Å². The molecule has 0 amide bonds. The molecule has 0 bridgehead atoms. The van der Waals surface area contributed by atoms with Crippen LogP contribution in [0.5, 0.6) is 0 Å². The normalized spacial score (nSPS) is 11.9. The van der Waals surface area contributed by atoms with E-state index in [-0.39, 0.29) is 0 Å². The maximum atomic E-state index is 2.44. The van der Waals surface area contributed by atoms with E-state index >= 15 is 0 Å². The number of rotatable bonds is 5. The van der Waals surface area contributed by atoms with Crippen LogP contribution in [0, 0.1) is 6.92 Å². The second-order valence-electron chi connectivity index (χ2n) is 12.7. The largest absolute Gasteiger partial charge is 0.316 e. The summed E-state index contributed by atoms with van der Waals surface area (Å²) in [5, 5.41) is 9.01. The predicted molar refractivity (Wildman–Crippen MR) is 203 cm³/mol. The van der Waals surface area contributed by atoms with Crippen LogP contribution in [0.2, 0.25) is 0 Å². The lowest BCUT2D eigenvalue weighted by Crippen LogP contribution is -2.10. The van der Waals surface area contributed by atoms with E-state index in [1.807, 2.05) is 0 Å². The van der Waals surface area contributed by atoms with Crippen molar-refractivity contribution in [3.05, 3.63) is 176 Å². The van der Waals surface area contributed by atoms with E-state index in [1.54, 1.807) is 0 Å². The van der Waals surface area contributed by atoms with Crippen LogP contribution < -0.4 is 4.90 Å². The van der Waals surface area contributed by atoms with E-state index in [1.165, 1.54) is 65.5 Å². The number of anilines is 3. The zero-order valence-corrected chi connectivity index (χ0v) is 26.5. The lowest BCUT2D eigenvalue weighted by Gasteiger charge is -2.26. The molecule has 0 atom stereocenters. The van der Waals surface area contributed by atoms with Crippen LogP contribution in [0.15, 0.2) is 170 Å².